The molecule has 0 atom stereocenters. The normalized spacial score (nSPS) is 11.4. The van der Waals surface area contributed by atoms with E-state index in [1.165, 1.54) is 10.4 Å². The molecule has 0 saturated heterocycles. The summed E-state index contributed by atoms with van der Waals surface area (Å²) >= 11 is 0. The molecule has 3 N–H and O–H groups in total. The Hall–Kier alpha value is -2.13. The number of benzene rings is 1. The standard InChI is InChI=1S/C16H25N3O5S/c1-5-19(6-2)25(23,24)13-9-11(3)12(4)14(10-13)18-16(22)17-8-7-15(20)21/h9-10H,5-8H2,1-4H3,(H,20,21)(H2,17,18,22). The first-order chi connectivity index (χ1) is 11.6. The van der Waals surface area contributed by atoms with Crippen molar-refractivity contribution in [1.29, 1.82) is 0 Å². The quantitative estimate of drug-likeness (QED) is 0.646. The van der Waals surface area contributed by atoms with Gasteiger partial charge in [0.25, 0.3) is 0 Å². The number of carboxylic acids is 1. The van der Waals surface area contributed by atoms with E-state index in [0.717, 1.165) is 11.1 Å². The zero-order valence-electron chi connectivity index (χ0n) is 14.9. The summed E-state index contributed by atoms with van der Waals surface area (Å²) in [6, 6.07) is 2.42. The summed E-state index contributed by atoms with van der Waals surface area (Å²) in [7, 11) is -3.64. The number of nitrogens with zero attached hydrogens (tertiary/aromatic N) is 1. The minimum absolute atomic E-state index is 0.0172. The van der Waals surface area contributed by atoms with Crippen molar-refractivity contribution < 1.29 is 23.1 Å². The minimum atomic E-state index is -3.64. The third-order valence-electron chi connectivity index (χ3n) is 3.86. The van der Waals surface area contributed by atoms with Crippen LogP contribution in [0.25, 0.3) is 0 Å². The molecular weight excluding hydrogens is 346 g/mol. The van der Waals surface area contributed by atoms with E-state index in [1.54, 1.807) is 33.8 Å². The minimum Gasteiger partial charge on any atom is -0.481 e. The fourth-order valence-corrected chi connectivity index (χ4v) is 3.84. The molecule has 0 aliphatic carbocycles. The van der Waals surface area contributed by atoms with E-state index >= 15 is 0 Å². The van der Waals surface area contributed by atoms with Crippen LogP contribution in [0.1, 0.15) is 31.4 Å². The molecule has 0 aliphatic heterocycles. The second-order valence-corrected chi connectivity index (χ2v) is 7.46. The van der Waals surface area contributed by atoms with Crippen molar-refractivity contribution in [2.24, 2.45) is 0 Å². The molecule has 1 rings (SSSR count). The van der Waals surface area contributed by atoms with Crippen LogP contribution in [-0.4, -0.2) is 49.5 Å². The van der Waals surface area contributed by atoms with Crippen molar-refractivity contribution in [2.45, 2.75) is 39.0 Å². The molecule has 0 unspecified atom stereocenters. The number of anilines is 1. The van der Waals surface area contributed by atoms with Crippen LogP contribution in [0.15, 0.2) is 17.0 Å². The third-order valence-corrected chi connectivity index (χ3v) is 5.88. The molecule has 25 heavy (non-hydrogen) atoms. The second kappa shape index (κ2) is 8.82. The lowest BCUT2D eigenvalue weighted by Crippen LogP contribution is -2.32. The first-order valence-corrected chi connectivity index (χ1v) is 9.45. The Kier molecular flexibility index (Phi) is 7.38. The van der Waals surface area contributed by atoms with Gasteiger partial charge in [-0.2, -0.15) is 4.31 Å². The van der Waals surface area contributed by atoms with Gasteiger partial charge in [0.2, 0.25) is 10.0 Å². The first-order valence-electron chi connectivity index (χ1n) is 8.01. The molecule has 0 saturated carbocycles. The van der Waals surface area contributed by atoms with Crippen LogP contribution in [0, 0.1) is 13.8 Å². The van der Waals surface area contributed by atoms with Crippen LogP contribution in [0.3, 0.4) is 0 Å². The van der Waals surface area contributed by atoms with Gasteiger partial charge in [0, 0.05) is 25.3 Å². The fraction of sp³-hybridized carbons (Fsp3) is 0.500. The van der Waals surface area contributed by atoms with Crippen molar-refractivity contribution in [2.75, 3.05) is 25.0 Å². The average molecular weight is 371 g/mol. The summed E-state index contributed by atoms with van der Waals surface area (Å²) in [6.45, 7) is 7.75. The van der Waals surface area contributed by atoms with Gasteiger partial charge in [-0.1, -0.05) is 13.8 Å². The maximum atomic E-state index is 12.7. The van der Waals surface area contributed by atoms with E-state index in [0.29, 0.717) is 18.8 Å². The van der Waals surface area contributed by atoms with Crippen LogP contribution in [0.2, 0.25) is 0 Å². The fourth-order valence-electron chi connectivity index (χ4n) is 2.27. The number of sulfonamides is 1. The maximum Gasteiger partial charge on any atom is 0.319 e. The molecule has 0 heterocycles. The predicted octanol–water partition coefficient (Wildman–Crippen LogP) is 1.93. The highest BCUT2D eigenvalue weighted by molar-refractivity contribution is 7.89. The SMILES string of the molecule is CCN(CC)S(=O)(=O)c1cc(C)c(C)c(NC(=O)NCCC(=O)O)c1. The number of amides is 2. The van der Waals surface area contributed by atoms with Crippen LogP contribution >= 0.6 is 0 Å². The van der Waals surface area contributed by atoms with Gasteiger partial charge in [0.1, 0.15) is 0 Å². The Morgan fingerprint density at radius 3 is 2.28 bits per heavy atom. The predicted molar refractivity (Wildman–Crippen MR) is 95.3 cm³/mol. The van der Waals surface area contributed by atoms with Gasteiger partial charge >= 0.3 is 12.0 Å². The van der Waals surface area contributed by atoms with Crippen LogP contribution in [-0.2, 0) is 14.8 Å². The van der Waals surface area contributed by atoms with Gasteiger partial charge < -0.3 is 15.7 Å². The van der Waals surface area contributed by atoms with Gasteiger partial charge in [0.15, 0.2) is 0 Å². The van der Waals surface area contributed by atoms with E-state index in [2.05, 4.69) is 10.6 Å². The number of urea groups is 1. The lowest BCUT2D eigenvalue weighted by molar-refractivity contribution is -0.136. The number of carbonyl (C=O) groups excluding carboxylic acids is 1. The van der Waals surface area contributed by atoms with E-state index in [-0.39, 0.29) is 17.9 Å². The lowest BCUT2D eigenvalue weighted by Gasteiger charge is -2.20. The molecule has 8 nitrogen and oxygen atoms in total. The van der Waals surface area contributed by atoms with Gasteiger partial charge in [0.05, 0.1) is 11.3 Å². The number of carboxylic acid groups (broad SMARTS) is 1. The smallest absolute Gasteiger partial charge is 0.319 e. The molecule has 9 heteroatoms. The first kappa shape index (κ1) is 20.9. The van der Waals surface area contributed by atoms with Crippen LogP contribution in [0.4, 0.5) is 10.5 Å². The zero-order chi connectivity index (χ0) is 19.2. The number of hydrogen-bond acceptors (Lipinski definition) is 4. The molecule has 1 aromatic rings. The topological polar surface area (TPSA) is 116 Å². The number of carbonyl (C=O) groups is 2. The highest BCUT2D eigenvalue weighted by Crippen LogP contribution is 2.26. The molecular formula is C16H25N3O5S. The van der Waals surface area contributed by atoms with Crippen molar-refractivity contribution >= 4 is 27.7 Å². The Balaban J connectivity index is 3.08. The highest BCUT2D eigenvalue weighted by atomic mass is 32.2. The summed E-state index contributed by atoms with van der Waals surface area (Å²) in [4.78, 5) is 22.5. The summed E-state index contributed by atoms with van der Waals surface area (Å²) in [5.41, 5.74) is 1.85. The largest absolute Gasteiger partial charge is 0.481 e. The monoisotopic (exact) mass is 371 g/mol. The van der Waals surface area contributed by atoms with Crippen molar-refractivity contribution in [3.63, 3.8) is 0 Å². The van der Waals surface area contributed by atoms with Crippen molar-refractivity contribution in [1.82, 2.24) is 9.62 Å². The molecule has 140 valence electrons. The van der Waals surface area contributed by atoms with Crippen molar-refractivity contribution in [3.8, 4) is 0 Å². The molecule has 0 bridgehead atoms. The highest BCUT2D eigenvalue weighted by Gasteiger charge is 2.23. The number of aryl methyl sites for hydroxylation is 1. The van der Waals surface area contributed by atoms with Crippen molar-refractivity contribution in [3.05, 3.63) is 23.3 Å². The Morgan fingerprint density at radius 2 is 1.76 bits per heavy atom. The molecule has 2 amide bonds. The molecule has 0 aliphatic rings. The molecule has 0 spiro atoms. The number of aliphatic carboxylic acids is 1. The number of rotatable bonds is 8. The van der Waals surface area contributed by atoms with E-state index in [9.17, 15) is 18.0 Å². The molecule has 0 fully saturated rings. The summed E-state index contributed by atoms with van der Waals surface area (Å²) in [5.74, 6) is -1.01. The van der Waals surface area contributed by atoms with Gasteiger partial charge in [-0.15, -0.1) is 0 Å². The average Bonchev–Trinajstić information content (AvgIpc) is 2.52. The summed E-state index contributed by atoms with van der Waals surface area (Å²) < 4.78 is 26.7. The number of hydrogen-bond donors (Lipinski definition) is 3. The Morgan fingerprint density at radius 1 is 1.16 bits per heavy atom. The molecule has 0 aromatic heterocycles. The van der Waals surface area contributed by atoms with Gasteiger partial charge in [-0.05, 0) is 37.1 Å². The third kappa shape index (κ3) is 5.43. The van der Waals surface area contributed by atoms with Crippen LogP contribution in [0.5, 0.6) is 0 Å². The van der Waals surface area contributed by atoms with E-state index in [4.69, 9.17) is 5.11 Å². The van der Waals surface area contributed by atoms with Crippen LogP contribution < -0.4 is 10.6 Å². The number of nitrogens with one attached hydrogen (secondary N) is 2. The summed E-state index contributed by atoms with van der Waals surface area (Å²) in [5, 5.41) is 13.6. The maximum absolute atomic E-state index is 12.7. The van der Waals surface area contributed by atoms with Gasteiger partial charge in [-0.25, -0.2) is 13.2 Å². The van der Waals surface area contributed by atoms with E-state index in [1.807, 2.05) is 0 Å². The van der Waals surface area contributed by atoms with Gasteiger partial charge in [-0.3, -0.25) is 4.79 Å². The summed E-state index contributed by atoms with van der Waals surface area (Å²) in [6.07, 6.45) is -0.193. The zero-order valence-corrected chi connectivity index (χ0v) is 15.7. The van der Waals surface area contributed by atoms with E-state index < -0.39 is 22.0 Å². The Labute approximate surface area is 148 Å². The lowest BCUT2D eigenvalue weighted by atomic mass is 10.1. The second-order valence-electron chi connectivity index (χ2n) is 5.53. The molecule has 0 radical (unpaired) electrons. The Bertz CT molecular complexity index is 742. The molecule has 1 aromatic carbocycles.